The summed E-state index contributed by atoms with van der Waals surface area (Å²) in [5.74, 6) is -3.01. The van der Waals surface area contributed by atoms with Crippen LogP contribution in [0.3, 0.4) is 0 Å². The van der Waals surface area contributed by atoms with Crippen molar-refractivity contribution in [2.75, 3.05) is 19.6 Å². The minimum Gasteiger partial charge on any atom is -0.356 e. The molecule has 1 aromatic rings. The maximum absolute atomic E-state index is 14.3. The third-order valence-electron chi connectivity index (χ3n) is 5.15. The molecule has 2 aliphatic rings. The van der Waals surface area contributed by atoms with Gasteiger partial charge in [-0.05, 0) is 30.4 Å². The van der Waals surface area contributed by atoms with Crippen molar-refractivity contribution in [3.63, 3.8) is 0 Å². The highest BCUT2D eigenvalue weighted by molar-refractivity contribution is 5.83. The Hall–Kier alpha value is -1.49. The zero-order valence-corrected chi connectivity index (χ0v) is 14.3. The number of likely N-dealkylation sites (tertiary alicyclic amines) is 1. The second-order valence-corrected chi connectivity index (χ2v) is 7.38. The maximum atomic E-state index is 14.3. The first kappa shape index (κ1) is 17.3. The zero-order valence-electron chi connectivity index (χ0n) is 14.3. The van der Waals surface area contributed by atoms with Crippen LogP contribution in [0, 0.1) is 5.41 Å². The van der Waals surface area contributed by atoms with E-state index in [0.29, 0.717) is 26.1 Å². The Morgan fingerprint density at radius 1 is 1.17 bits per heavy atom. The Morgan fingerprint density at radius 3 is 2.54 bits per heavy atom. The smallest absolute Gasteiger partial charge is 0.261 e. The molecule has 2 saturated heterocycles. The minimum atomic E-state index is -2.81. The first-order valence-corrected chi connectivity index (χ1v) is 8.89. The number of amides is 1. The fraction of sp³-hybridized carbons (Fsp3) is 0.632. The molecule has 0 saturated carbocycles. The van der Waals surface area contributed by atoms with Gasteiger partial charge in [-0.1, -0.05) is 37.6 Å². The van der Waals surface area contributed by atoms with Crippen molar-refractivity contribution in [2.24, 2.45) is 5.41 Å². The molecular weight excluding hydrogens is 310 g/mol. The lowest BCUT2D eigenvalue weighted by atomic mass is 9.72. The number of hydrogen-bond donors (Lipinski definition) is 1. The number of alkyl halides is 2. The average molecular weight is 336 g/mol. The van der Waals surface area contributed by atoms with Gasteiger partial charge in [-0.25, -0.2) is 8.78 Å². The zero-order chi connectivity index (χ0) is 17.2. The molecular formula is C19H26F2N2O. The number of halogens is 2. The molecule has 3 rings (SSSR count). The maximum Gasteiger partial charge on any atom is 0.261 e. The van der Waals surface area contributed by atoms with Crippen LogP contribution in [0.15, 0.2) is 24.3 Å². The van der Waals surface area contributed by atoms with Crippen LogP contribution < -0.4 is 5.32 Å². The van der Waals surface area contributed by atoms with Crippen LogP contribution in [-0.4, -0.2) is 36.4 Å². The van der Waals surface area contributed by atoms with Crippen LogP contribution in [0.5, 0.6) is 0 Å². The van der Waals surface area contributed by atoms with Crippen molar-refractivity contribution in [1.82, 2.24) is 10.2 Å². The van der Waals surface area contributed by atoms with E-state index in [9.17, 15) is 13.6 Å². The lowest BCUT2D eigenvalue weighted by molar-refractivity contribution is -0.158. The molecule has 1 aromatic carbocycles. The van der Waals surface area contributed by atoms with E-state index < -0.39 is 11.3 Å². The molecule has 5 heteroatoms. The second kappa shape index (κ2) is 6.79. The second-order valence-electron chi connectivity index (χ2n) is 7.38. The number of nitrogens with one attached hydrogen (secondary N) is 1. The van der Waals surface area contributed by atoms with Crippen molar-refractivity contribution >= 4 is 5.91 Å². The van der Waals surface area contributed by atoms with Gasteiger partial charge in [0.2, 0.25) is 5.91 Å². The van der Waals surface area contributed by atoms with E-state index in [1.165, 1.54) is 5.56 Å². The standard InChI is InChI=1S/C19H26F2N2O/c1-2-4-15-5-7-16(8-6-15)11-23-13-18(12-19(20,21)14-23)9-3-10-22-17(18)24/h5-8H,2-4,9-14H2,1H3,(H,22,24)/t18-/m1/s1. The SMILES string of the molecule is CCCc1ccc(CN2CC(F)(F)C[C@]3(CCCNC3=O)C2)cc1. The summed E-state index contributed by atoms with van der Waals surface area (Å²) in [6.45, 7) is 3.37. The first-order chi connectivity index (χ1) is 11.4. The third kappa shape index (κ3) is 3.77. The van der Waals surface area contributed by atoms with Crippen LogP contribution >= 0.6 is 0 Å². The molecule has 0 aliphatic carbocycles. The monoisotopic (exact) mass is 336 g/mol. The molecule has 1 spiro atoms. The number of aryl methyl sites for hydroxylation is 1. The Morgan fingerprint density at radius 2 is 1.88 bits per heavy atom. The quantitative estimate of drug-likeness (QED) is 0.914. The summed E-state index contributed by atoms with van der Waals surface area (Å²) in [6.07, 6.45) is 3.14. The van der Waals surface area contributed by atoms with Gasteiger partial charge >= 0.3 is 0 Å². The van der Waals surface area contributed by atoms with Gasteiger partial charge in [0, 0.05) is 26.1 Å². The molecule has 132 valence electrons. The van der Waals surface area contributed by atoms with E-state index in [4.69, 9.17) is 0 Å². The van der Waals surface area contributed by atoms with Crippen LogP contribution in [0.25, 0.3) is 0 Å². The average Bonchev–Trinajstić information content (AvgIpc) is 2.51. The number of carbonyl (C=O) groups is 1. The van der Waals surface area contributed by atoms with E-state index >= 15 is 0 Å². The highest BCUT2D eigenvalue weighted by Gasteiger charge is 2.53. The van der Waals surface area contributed by atoms with Crippen molar-refractivity contribution in [2.45, 2.75) is 51.5 Å². The highest BCUT2D eigenvalue weighted by atomic mass is 19.3. The summed E-state index contributed by atoms with van der Waals surface area (Å²) in [5.41, 5.74) is 1.37. The van der Waals surface area contributed by atoms with Gasteiger partial charge in [0.15, 0.2) is 0 Å². The van der Waals surface area contributed by atoms with Crippen LogP contribution in [0.4, 0.5) is 8.78 Å². The van der Waals surface area contributed by atoms with Crippen molar-refractivity contribution in [3.05, 3.63) is 35.4 Å². The number of nitrogens with zero attached hydrogens (tertiary/aromatic N) is 1. The van der Waals surface area contributed by atoms with E-state index in [2.05, 4.69) is 24.4 Å². The molecule has 1 atom stereocenters. The fourth-order valence-electron chi connectivity index (χ4n) is 4.14. The van der Waals surface area contributed by atoms with Gasteiger partial charge in [-0.2, -0.15) is 0 Å². The summed E-state index contributed by atoms with van der Waals surface area (Å²) in [7, 11) is 0. The molecule has 3 nitrogen and oxygen atoms in total. The molecule has 1 amide bonds. The first-order valence-electron chi connectivity index (χ1n) is 8.89. The third-order valence-corrected chi connectivity index (χ3v) is 5.15. The van der Waals surface area contributed by atoms with Crippen molar-refractivity contribution in [3.8, 4) is 0 Å². The van der Waals surface area contributed by atoms with Gasteiger partial charge in [0.25, 0.3) is 5.92 Å². The molecule has 0 bridgehead atoms. The molecule has 0 aromatic heterocycles. The summed E-state index contributed by atoms with van der Waals surface area (Å²) in [4.78, 5) is 14.1. The van der Waals surface area contributed by atoms with Gasteiger partial charge in [-0.3, -0.25) is 9.69 Å². The Kier molecular flexibility index (Phi) is 4.90. The Balaban J connectivity index is 1.73. The molecule has 0 unspecified atom stereocenters. The normalized spacial score (nSPS) is 27.2. The van der Waals surface area contributed by atoms with Gasteiger partial charge < -0.3 is 5.32 Å². The topological polar surface area (TPSA) is 32.3 Å². The minimum absolute atomic E-state index is 0.198. The highest BCUT2D eigenvalue weighted by Crippen LogP contribution is 2.43. The summed E-state index contributed by atoms with van der Waals surface area (Å²) < 4.78 is 28.6. The lowest BCUT2D eigenvalue weighted by Crippen LogP contribution is -2.59. The van der Waals surface area contributed by atoms with Crippen molar-refractivity contribution in [1.29, 1.82) is 0 Å². The Bertz CT molecular complexity index is 588. The molecule has 1 N–H and O–H groups in total. The predicted octanol–water partition coefficient (Wildman–Crippen LogP) is 3.38. The van der Waals surface area contributed by atoms with Crippen molar-refractivity contribution < 1.29 is 13.6 Å². The number of piperidine rings is 2. The summed E-state index contributed by atoms with van der Waals surface area (Å²) >= 11 is 0. The number of rotatable bonds is 4. The lowest BCUT2D eigenvalue weighted by Gasteiger charge is -2.46. The molecule has 24 heavy (non-hydrogen) atoms. The van der Waals surface area contributed by atoms with Gasteiger partial charge in [-0.15, -0.1) is 0 Å². The molecule has 2 heterocycles. The van der Waals surface area contributed by atoms with Gasteiger partial charge in [0.05, 0.1) is 12.0 Å². The summed E-state index contributed by atoms with van der Waals surface area (Å²) in [5, 5.41) is 2.79. The van der Waals surface area contributed by atoms with Crippen LogP contribution in [0.2, 0.25) is 0 Å². The van der Waals surface area contributed by atoms with E-state index in [-0.39, 0.29) is 18.9 Å². The van der Waals surface area contributed by atoms with Crippen LogP contribution in [0.1, 0.15) is 43.7 Å². The molecule has 0 radical (unpaired) electrons. The van der Waals surface area contributed by atoms with Gasteiger partial charge in [0.1, 0.15) is 0 Å². The number of carbonyl (C=O) groups excluding carboxylic acids is 1. The van der Waals surface area contributed by atoms with E-state index in [0.717, 1.165) is 24.8 Å². The predicted molar refractivity (Wildman–Crippen MR) is 90.0 cm³/mol. The van der Waals surface area contributed by atoms with E-state index in [1.807, 2.05) is 12.1 Å². The number of hydrogen-bond acceptors (Lipinski definition) is 2. The molecule has 2 fully saturated rings. The summed E-state index contributed by atoms with van der Waals surface area (Å²) in [6, 6.07) is 8.19. The Labute approximate surface area is 142 Å². The fourth-order valence-corrected chi connectivity index (χ4v) is 4.14. The van der Waals surface area contributed by atoms with E-state index in [1.54, 1.807) is 4.90 Å². The van der Waals surface area contributed by atoms with Crippen LogP contribution in [-0.2, 0) is 17.8 Å². The molecule has 2 aliphatic heterocycles. The largest absolute Gasteiger partial charge is 0.356 e. The number of benzene rings is 1.